The highest BCUT2D eigenvalue weighted by atomic mass is 16.1. The van der Waals surface area contributed by atoms with Crippen LogP contribution >= 0.6 is 0 Å². The lowest BCUT2D eigenvalue weighted by Crippen LogP contribution is -2.13. The lowest BCUT2D eigenvalue weighted by Gasteiger charge is -2.13. The number of carbonyl (C=O) groups excluding carboxylic acids is 1. The monoisotopic (exact) mass is 231 g/mol. The normalized spacial score (nSPS) is 27.3. The van der Waals surface area contributed by atoms with Crippen molar-refractivity contribution >= 4 is 11.9 Å². The fraction of sp³-hybridized carbons (Fsp3) is 0.615. The van der Waals surface area contributed by atoms with Gasteiger partial charge in [0.05, 0.1) is 5.69 Å². The van der Waals surface area contributed by atoms with Gasteiger partial charge in [0.1, 0.15) is 0 Å². The molecular formula is C13H17N3O. The van der Waals surface area contributed by atoms with Crippen molar-refractivity contribution in [1.82, 2.24) is 9.97 Å². The maximum Gasteiger partial charge on any atom is 0.229 e. The van der Waals surface area contributed by atoms with Crippen LogP contribution in [0, 0.1) is 18.3 Å². The Morgan fingerprint density at radius 1 is 1.41 bits per heavy atom. The summed E-state index contributed by atoms with van der Waals surface area (Å²) in [6.45, 7) is 8.12. The van der Waals surface area contributed by atoms with Crippen LogP contribution in [-0.4, -0.2) is 15.9 Å². The van der Waals surface area contributed by atoms with Gasteiger partial charge < -0.3 is 0 Å². The van der Waals surface area contributed by atoms with Gasteiger partial charge >= 0.3 is 0 Å². The summed E-state index contributed by atoms with van der Waals surface area (Å²) in [4.78, 5) is 19.9. The number of aromatic nitrogens is 2. The molecule has 1 fully saturated rings. The average Bonchev–Trinajstić information content (AvgIpc) is 2.57. The Morgan fingerprint density at radius 3 is 2.76 bits per heavy atom. The summed E-state index contributed by atoms with van der Waals surface area (Å²) in [6.07, 6.45) is 1.03. The fourth-order valence-corrected chi connectivity index (χ4v) is 3.32. The minimum Gasteiger partial charge on any atom is -0.295 e. The second-order valence-corrected chi connectivity index (χ2v) is 5.78. The first kappa shape index (κ1) is 10.7. The molecule has 1 heterocycles. The molecule has 1 aromatic rings. The predicted octanol–water partition coefficient (Wildman–Crippen LogP) is 2.04. The van der Waals surface area contributed by atoms with Crippen LogP contribution < -0.4 is 5.32 Å². The van der Waals surface area contributed by atoms with Crippen molar-refractivity contribution in [2.75, 3.05) is 5.32 Å². The van der Waals surface area contributed by atoms with Gasteiger partial charge in [-0.25, -0.2) is 9.97 Å². The minimum absolute atomic E-state index is 0.118. The van der Waals surface area contributed by atoms with Gasteiger partial charge in [-0.05, 0) is 36.2 Å². The molecule has 1 amide bonds. The van der Waals surface area contributed by atoms with Crippen LogP contribution in [0.5, 0.6) is 0 Å². The Morgan fingerprint density at radius 2 is 2.12 bits per heavy atom. The molecule has 90 valence electrons. The van der Waals surface area contributed by atoms with E-state index in [9.17, 15) is 4.79 Å². The van der Waals surface area contributed by atoms with Gasteiger partial charge in [0, 0.05) is 12.6 Å². The molecule has 3 rings (SSSR count). The summed E-state index contributed by atoms with van der Waals surface area (Å²) in [6, 6.07) is 0. The predicted molar refractivity (Wildman–Crippen MR) is 64.8 cm³/mol. The lowest BCUT2D eigenvalue weighted by molar-refractivity contribution is -0.114. The molecule has 0 radical (unpaired) electrons. The Kier molecular flexibility index (Phi) is 1.92. The quantitative estimate of drug-likeness (QED) is 0.804. The zero-order chi connectivity index (χ0) is 12.4. The van der Waals surface area contributed by atoms with E-state index in [0.717, 1.165) is 23.7 Å². The first-order valence-corrected chi connectivity index (χ1v) is 6.06. The van der Waals surface area contributed by atoms with Crippen molar-refractivity contribution in [3.8, 4) is 0 Å². The third kappa shape index (κ3) is 1.39. The molecule has 2 aliphatic carbocycles. The molecule has 0 spiro atoms. The van der Waals surface area contributed by atoms with E-state index >= 15 is 0 Å². The van der Waals surface area contributed by atoms with Crippen LogP contribution in [-0.2, 0) is 11.2 Å². The molecule has 1 aromatic heterocycles. The van der Waals surface area contributed by atoms with E-state index in [1.54, 1.807) is 0 Å². The summed E-state index contributed by atoms with van der Waals surface area (Å²) >= 11 is 0. The molecule has 2 unspecified atom stereocenters. The van der Waals surface area contributed by atoms with Crippen LogP contribution in [0.15, 0.2) is 0 Å². The first-order chi connectivity index (χ1) is 7.91. The number of rotatable bonds is 1. The Balaban J connectivity index is 2.00. The largest absolute Gasteiger partial charge is 0.295 e. The minimum atomic E-state index is -0.118. The summed E-state index contributed by atoms with van der Waals surface area (Å²) in [5, 5.41) is 2.66. The second-order valence-electron chi connectivity index (χ2n) is 5.78. The molecule has 0 aliphatic heterocycles. The summed E-state index contributed by atoms with van der Waals surface area (Å²) in [5.74, 6) is 1.68. The SMILES string of the molecule is CC(=O)Nc1nc(C)c2c(n1)CC1C2C1(C)C. The maximum absolute atomic E-state index is 11.0. The van der Waals surface area contributed by atoms with Gasteiger partial charge in [0.2, 0.25) is 11.9 Å². The van der Waals surface area contributed by atoms with Crippen LogP contribution in [0.25, 0.3) is 0 Å². The van der Waals surface area contributed by atoms with Gasteiger partial charge in [-0.15, -0.1) is 0 Å². The molecule has 0 aromatic carbocycles. The van der Waals surface area contributed by atoms with E-state index in [4.69, 9.17) is 0 Å². The molecule has 2 aliphatic rings. The number of nitrogens with zero attached hydrogens (tertiary/aromatic N) is 2. The molecule has 17 heavy (non-hydrogen) atoms. The third-order valence-corrected chi connectivity index (χ3v) is 4.28. The van der Waals surface area contributed by atoms with Crippen molar-refractivity contribution in [2.45, 2.75) is 40.0 Å². The number of fused-ring (bicyclic) bond motifs is 3. The number of carbonyl (C=O) groups is 1. The topological polar surface area (TPSA) is 54.9 Å². The number of anilines is 1. The average molecular weight is 231 g/mol. The fourth-order valence-electron chi connectivity index (χ4n) is 3.32. The van der Waals surface area contributed by atoms with E-state index in [1.807, 2.05) is 6.92 Å². The maximum atomic E-state index is 11.0. The smallest absolute Gasteiger partial charge is 0.229 e. The molecule has 1 saturated carbocycles. The van der Waals surface area contributed by atoms with Gasteiger partial charge in [-0.3, -0.25) is 10.1 Å². The zero-order valence-electron chi connectivity index (χ0n) is 10.7. The van der Waals surface area contributed by atoms with Crippen molar-refractivity contribution in [3.63, 3.8) is 0 Å². The Labute approximate surface area is 101 Å². The Hall–Kier alpha value is -1.45. The highest BCUT2D eigenvalue weighted by Crippen LogP contribution is 2.70. The standard InChI is InChI=1S/C13H17N3O/c1-6-10-9(5-8-11(10)13(8,3)4)16-12(14-6)15-7(2)17/h8,11H,5H2,1-4H3,(H,14,15,16,17). The van der Waals surface area contributed by atoms with Crippen molar-refractivity contribution in [3.05, 3.63) is 17.0 Å². The van der Waals surface area contributed by atoms with Gasteiger partial charge in [-0.1, -0.05) is 13.8 Å². The second kappa shape index (κ2) is 3.06. The Bertz CT molecular complexity index is 522. The number of hydrogen-bond acceptors (Lipinski definition) is 3. The molecule has 1 N–H and O–H groups in total. The summed E-state index contributed by atoms with van der Waals surface area (Å²) < 4.78 is 0. The zero-order valence-corrected chi connectivity index (χ0v) is 10.7. The van der Waals surface area contributed by atoms with Crippen molar-refractivity contribution in [2.24, 2.45) is 11.3 Å². The molecule has 4 nitrogen and oxygen atoms in total. The first-order valence-electron chi connectivity index (χ1n) is 6.06. The van der Waals surface area contributed by atoms with Gasteiger partial charge in [-0.2, -0.15) is 0 Å². The number of nitrogens with one attached hydrogen (secondary N) is 1. The molecule has 4 heteroatoms. The van der Waals surface area contributed by atoms with Crippen LogP contribution in [0.1, 0.15) is 43.6 Å². The van der Waals surface area contributed by atoms with Crippen molar-refractivity contribution in [1.29, 1.82) is 0 Å². The highest BCUT2D eigenvalue weighted by molar-refractivity contribution is 5.86. The van der Waals surface area contributed by atoms with Crippen LogP contribution in [0.3, 0.4) is 0 Å². The van der Waals surface area contributed by atoms with Crippen LogP contribution in [0.4, 0.5) is 5.95 Å². The van der Waals surface area contributed by atoms with Gasteiger partial charge in [0.15, 0.2) is 0 Å². The van der Waals surface area contributed by atoms with Crippen LogP contribution in [0.2, 0.25) is 0 Å². The lowest BCUT2D eigenvalue weighted by atomic mass is 9.97. The van der Waals surface area contributed by atoms with Crippen molar-refractivity contribution < 1.29 is 4.79 Å². The number of hydrogen-bond donors (Lipinski definition) is 1. The van der Waals surface area contributed by atoms with E-state index in [0.29, 0.717) is 17.3 Å². The summed E-state index contributed by atoms with van der Waals surface area (Å²) in [5.41, 5.74) is 3.90. The number of amides is 1. The summed E-state index contributed by atoms with van der Waals surface area (Å²) in [7, 11) is 0. The molecular weight excluding hydrogens is 214 g/mol. The molecule has 2 atom stereocenters. The molecule has 0 bridgehead atoms. The van der Waals surface area contributed by atoms with E-state index in [1.165, 1.54) is 12.5 Å². The van der Waals surface area contributed by atoms with E-state index in [2.05, 4.69) is 29.1 Å². The highest BCUT2D eigenvalue weighted by Gasteiger charge is 2.63. The van der Waals surface area contributed by atoms with E-state index < -0.39 is 0 Å². The number of aryl methyl sites for hydroxylation is 1. The third-order valence-electron chi connectivity index (χ3n) is 4.28. The molecule has 0 saturated heterocycles. The van der Waals surface area contributed by atoms with E-state index in [-0.39, 0.29) is 5.91 Å². The van der Waals surface area contributed by atoms with Gasteiger partial charge in [0.25, 0.3) is 0 Å².